The number of aliphatic imine (C=N–C) groups is 1. The molecule has 3 unspecified atom stereocenters. The molecule has 12 rings (SSSR count). The van der Waals surface area contributed by atoms with Crippen LogP contribution in [0.4, 0.5) is 0 Å². The maximum atomic E-state index is 5.51. The summed E-state index contributed by atoms with van der Waals surface area (Å²) in [4.78, 5) is 8.04. The van der Waals surface area contributed by atoms with Gasteiger partial charge in [0.1, 0.15) is 11.9 Å². The van der Waals surface area contributed by atoms with E-state index in [-0.39, 0.29) is 17.9 Å². The van der Waals surface area contributed by atoms with Crippen molar-refractivity contribution in [3.63, 3.8) is 0 Å². The van der Waals surface area contributed by atoms with Crippen molar-refractivity contribution in [2.45, 2.75) is 22.3 Å². The van der Waals surface area contributed by atoms with Crippen molar-refractivity contribution in [3.8, 4) is 22.3 Å². The van der Waals surface area contributed by atoms with E-state index in [1.807, 2.05) is 11.8 Å². The Balaban J connectivity index is 1.09. The maximum absolute atomic E-state index is 5.51. The lowest BCUT2D eigenvalue weighted by atomic mass is 9.62. The van der Waals surface area contributed by atoms with Gasteiger partial charge in [0.25, 0.3) is 0 Å². The Morgan fingerprint density at radius 1 is 0.550 bits per heavy atom. The molecule has 0 fully saturated rings. The van der Waals surface area contributed by atoms with Crippen LogP contribution in [0.25, 0.3) is 33.0 Å². The third-order valence-corrected chi connectivity index (χ3v) is 14.3. The third kappa shape index (κ3) is 5.39. The lowest BCUT2D eigenvalue weighted by molar-refractivity contribution is 0.454. The molecule has 0 radical (unpaired) electrons. The van der Waals surface area contributed by atoms with Crippen LogP contribution >= 0.6 is 11.8 Å². The summed E-state index contributed by atoms with van der Waals surface area (Å²) in [5, 5.41) is 6.54. The number of nitrogens with zero attached hydrogens (tertiary/aromatic N) is 1. The van der Waals surface area contributed by atoms with E-state index in [1.54, 1.807) is 0 Å². The fraction of sp³-hybridized carbons (Fsp3) is 0.0702. The summed E-state index contributed by atoms with van der Waals surface area (Å²) in [5.41, 5.74) is 14.6. The summed E-state index contributed by atoms with van der Waals surface area (Å²) in [7, 11) is 0. The van der Waals surface area contributed by atoms with E-state index in [1.165, 1.54) is 76.2 Å². The molecule has 2 nitrogen and oxygen atoms in total. The number of allylic oxidation sites excluding steroid dienone is 3. The average molecular weight is 785 g/mol. The number of hydrogen-bond donors (Lipinski definition) is 1. The summed E-state index contributed by atoms with van der Waals surface area (Å²) in [6, 6.07) is 73.3. The summed E-state index contributed by atoms with van der Waals surface area (Å²) in [6.45, 7) is 0. The lowest BCUT2D eigenvalue weighted by Crippen LogP contribution is -2.36. The second kappa shape index (κ2) is 14.1. The molecule has 0 saturated carbocycles. The highest BCUT2D eigenvalue weighted by Gasteiger charge is 2.55. The fourth-order valence-electron chi connectivity index (χ4n) is 10.5. The molecule has 8 aromatic carbocycles. The van der Waals surface area contributed by atoms with E-state index < -0.39 is 5.41 Å². The first-order valence-corrected chi connectivity index (χ1v) is 21.7. The molecule has 0 saturated heterocycles. The van der Waals surface area contributed by atoms with Crippen LogP contribution in [0.1, 0.15) is 45.3 Å². The molecule has 3 heteroatoms. The monoisotopic (exact) mass is 784 g/mol. The minimum Gasteiger partial charge on any atom is -0.339 e. The van der Waals surface area contributed by atoms with Crippen LogP contribution in [0.5, 0.6) is 0 Å². The van der Waals surface area contributed by atoms with Crippen LogP contribution in [0, 0.1) is 5.92 Å². The van der Waals surface area contributed by atoms with Crippen molar-refractivity contribution in [2.24, 2.45) is 10.9 Å². The summed E-state index contributed by atoms with van der Waals surface area (Å²) in [6.07, 6.45) is 7.54. The molecule has 0 bridgehead atoms. The zero-order valence-corrected chi connectivity index (χ0v) is 33.7. The highest BCUT2D eigenvalue weighted by atomic mass is 32.2. The summed E-state index contributed by atoms with van der Waals surface area (Å²) in [5.74, 6) is 1.09. The SMILES string of the molecule is C1=CC2c3c(cc4ccccc4c3-c3ccccc3)C(c3ccccc3)(c3ccccc3)C2C=C1C1=C2Sc3ccccc3C2N=C(c2cccc(-c3ccccc3)c2)N1. The molecule has 4 aliphatic rings. The van der Waals surface area contributed by atoms with Gasteiger partial charge in [-0.1, -0.05) is 212 Å². The van der Waals surface area contributed by atoms with Crippen molar-refractivity contribution in [3.05, 3.63) is 268 Å². The quantitative estimate of drug-likeness (QED) is 0.182. The first kappa shape index (κ1) is 35.0. The first-order valence-electron chi connectivity index (χ1n) is 20.9. The molecule has 2 aliphatic heterocycles. The molecule has 0 aromatic heterocycles. The number of nitrogens with one attached hydrogen (secondary N) is 1. The summed E-state index contributed by atoms with van der Waals surface area (Å²) < 4.78 is 0. The van der Waals surface area contributed by atoms with E-state index in [9.17, 15) is 0 Å². The van der Waals surface area contributed by atoms with Gasteiger partial charge in [0, 0.05) is 27.2 Å². The van der Waals surface area contributed by atoms with Gasteiger partial charge in [-0.25, -0.2) is 0 Å². The van der Waals surface area contributed by atoms with Crippen molar-refractivity contribution in [1.29, 1.82) is 0 Å². The Kier molecular flexibility index (Phi) is 8.24. The normalized spacial score (nSPS) is 19.4. The minimum atomic E-state index is -0.474. The molecule has 8 aromatic rings. The summed E-state index contributed by atoms with van der Waals surface area (Å²) >= 11 is 1.86. The molecule has 2 heterocycles. The Morgan fingerprint density at radius 3 is 1.92 bits per heavy atom. The molecule has 3 atom stereocenters. The highest BCUT2D eigenvalue weighted by Crippen LogP contribution is 2.63. The zero-order chi connectivity index (χ0) is 39.6. The van der Waals surface area contributed by atoms with Gasteiger partial charge in [-0.3, -0.25) is 4.99 Å². The van der Waals surface area contributed by atoms with Crippen LogP contribution < -0.4 is 5.32 Å². The van der Waals surface area contributed by atoms with E-state index in [0.29, 0.717) is 0 Å². The standard InChI is InChI=1S/C57H40N2S/c1-5-18-37(19-6-1)39-23-17-24-42(34-39)56-58-53(55-54(59-56)47-30-15-16-31-50(47)60-55)41-32-33-46-48(36-41)57(43-25-9-3-10-26-43,44-27-11-4-12-28-44)49-35-40-22-13-14-29-45(40)51(52(46)49)38-20-7-2-8-21-38/h1-36,46,48,54H,(H,58,59). The molecule has 0 amide bonds. The molecule has 60 heavy (non-hydrogen) atoms. The molecular weight excluding hydrogens is 745 g/mol. The maximum Gasteiger partial charge on any atom is 0.133 e. The Hall–Kier alpha value is -6.94. The predicted octanol–water partition coefficient (Wildman–Crippen LogP) is 13.8. The largest absolute Gasteiger partial charge is 0.339 e. The number of fused-ring (bicyclic) bond motifs is 7. The highest BCUT2D eigenvalue weighted by molar-refractivity contribution is 8.03. The lowest BCUT2D eigenvalue weighted by Gasteiger charge is -2.40. The van der Waals surface area contributed by atoms with Gasteiger partial charge in [-0.15, -0.1) is 0 Å². The number of amidine groups is 1. The van der Waals surface area contributed by atoms with Gasteiger partial charge in [-0.05, 0) is 84.6 Å². The van der Waals surface area contributed by atoms with Crippen molar-refractivity contribution in [2.75, 3.05) is 0 Å². The average Bonchev–Trinajstić information content (AvgIpc) is 3.85. The Labute approximate surface area is 355 Å². The molecule has 2 aliphatic carbocycles. The van der Waals surface area contributed by atoms with Gasteiger partial charge in [0.05, 0.1) is 11.1 Å². The molecule has 1 N–H and O–H groups in total. The van der Waals surface area contributed by atoms with Gasteiger partial charge in [0.15, 0.2) is 0 Å². The topological polar surface area (TPSA) is 24.4 Å². The Morgan fingerprint density at radius 2 is 1.17 bits per heavy atom. The number of benzene rings is 8. The number of rotatable bonds is 6. The van der Waals surface area contributed by atoms with Crippen molar-refractivity contribution in [1.82, 2.24) is 5.32 Å². The third-order valence-electron chi connectivity index (χ3n) is 13.1. The smallest absolute Gasteiger partial charge is 0.133 e. The molecule has 0 spiro atoms. The minimum absolute atomic E-state index is 0.0717. The zero-order valence-electron chi connectivity index (χ0n) is 32.9. The van der Waals surface area contributed by atoms with Crippen LogP contribution in [-0.4, -0.2) is 5.84 Å². The van der Waals surface area contributed by atoms with E-state index >= 15 is 0 Å². The fourth-order valence-corrected chi connectivity index (χ4v) is 11.8. The second-order valence-corrected chi connectivity index (χ2v) is 17.3. The van der Waals surface area contributed by atoms with Gasteiger partial charge in [-0.2, -0.15) is 0 Å². The van der Waals surface area contributed by atoms with Gasteiger partial charge < -0.3 is 5.32 Å². The van der Waals surface area contributed by atoms with Gasteiger partial charge >= 0.3 is 0 Å². The second-order valence-electron chi connectivity index (χ2n) is 16.2. The van der Waals surface area contributed by atoms with E-state index in [4.69, 9.17) is 4.99 Å². The molecule has 284 valence electrons. The van der Waals surface area contributed by atoms with Crippen molar-refractivity contribution < 1.29 is 0 Å². The number of thioether (sulfide) groups is 1. The predicted molar refractivity (Wildman–Crippen MR) is 249 cm³/mol. The van der Waals surface area contributed by atoms with Crippen molar-refractivity contribution >= 4 is 28.4 Å². The van der Waals surface area contributed by atoms with Crippen LogP contribution in [0.15, 0.2) is 244 Å². The van der Waals surface area contributed by atoms with Gasteiger partial charge in [0.2, 0.25) is 0 Å². The first-order chi connectivity index (χ1) is 29.8. The van der Waals surface area contributed by atoms with Crippen LogP contribution in [0.2, 0.25) is 0 Å². The Bertz CT molecular complexity index is 3050. The number of hydrogen-bond acceptors (Lipinski definition) is 3. The van der Waals surface area contributed by atoms with Crippen LogP contribution in [-0.2, 0) is 5.41 Å². The van der Waals surface area contributed by atoms with E-state index in [2.05, 4.69) is 224 Å². The van der Waals surface area contributed by atoms with E-state index in [0.717, 1.165) is 17.1 Å². The molecular formula is C57H40N2S. The van der Waals surface area contributed by atoms with Crippen LogP contribution in [0.3, 0.4) is 0 Å².